The van der Waals surface area contributed by atoms with Crippen LogP contribution < -0.4 is 20.6 Å². The van der Waals surface area contributed by atoms with E-state index in [0.717, 1.165) is 0 Å². The number of ether oxygens (including phenoxy) is 2. The van der Waals surface area contributed by atoms with Crippen molar-refractivity contribution >= 4 is 35.0 Å². The summed E-state index contributed by atoms with van der Waals surface area (Å²) >= 11 is 7.01. The van der Waals surface area contributed by atoms with E-state index in [-0.39, 0.29) is 11.7 Å². The number of methoxy groups -OCH3 is 2. The summed E-state index contributed by atoms with van der Waals surface area (Å²) in [5.41, 5.74) is 1.32. The summed E-state index contributed by atoms with van der Waals surface area (Å²) in [5.74, 6) is 7.67. The summed E-state index contributed by atoms with van der Waals surface area (Å²) in [5, 5.41) is 12.0. The molecule has 2 aromatic carbocycles. The largest absolute Gasteiger partial charge is 0.497 e. The Morgan fingerprint density at radius 2 is 1.93 bits per heavy atom. The van der Waals surface area contributed by atoms with E-state index in [4.69, 9.17) is 26.9 Å². The van der Waals surface area contributed by atoms with E-state index in [9.17, 15) is 4.79 Å². The van der Waals surface area contributed by atoms with Gasteiger partial charge in [0.2, 0.25) is 11.1 Å². The maximum Gasteiger partial charge on any atom is 0.234 e. The number of hydrogen-bond acceptors (Lipinski definition) is 7. The molecule has 1 aromatic heterocycles. The van der Waals surface area contributed by atoms with Gasteiger partial charge in [-0.05, 0) is 36.4 Å². The first-order chi connectivity index (χ1) is 13.5. The third kappa shape index (κ3) is 4.49. The topological polar surface area (TPSA) is 104 Å². The van der Waals surface area contributed by atoms with Crippen molar-refractivity contribution in [3.63, 3.8) is 0 Å². The Morgan fingerprint density at radius 1 is 1.18 bits per heavy atom. The molecule has 1 amide bonds. The zero-order chi connectivity index (χ0) is 20.1. The number of nitrogen functional groups attached to an aromatic ring is 1. The van der Waals surface area contributed by atoms with Gasteiger partial charge < -0.3 is 20.6 Å². The normalized spacial score (nSPS) is 10.5. The molecule has 0 bridgehead atoms. The van der Waals surface area contributed by atoms with Crippen molar-refractivity contribution in [1.29, 1.82) is 0 Å². The third-order valence-corrected chi connectivity index (χ3v) is 4.97. The second kappa shape index (κ2) is 8.85. The number of nitrogens with zero attached hydrogens (tertiary/aromatic N) is 3. The van der Waals surface area contributed by atoms with Crippen molar-refractivity contribution in [2.45, 2.75) is 5.16 Å². The number of nitrogens with one attached hydrogen (secondary N) is 1. The van der Waals surface area contributed by atoms with Crippen LogP contribution >= 0.6 is 23.4 Å². The Labute approximate surface area is 171 Å². The molecule has 3 rings (SSSR count). The quantitative estimate of drug-likeness (QED) is 0.448. The molecular weight excluding hydrogens is 402 g/mol. The minimum Gasteiger partial charge on any atom is -0.497 e. The molecule has 0 spiro atoms. The molecule has 3 aromatic rings. The van der Waals surface area contributed by atoms with E-state index >= 15 is 0 Å². The van der Waals surface area contributed by atoms with Crippen molar-refractivity contribution in [2.24, 2.45) is 0 Å². The fourth-order valence-electron chi connectivity index (χ4n) is 2.40. The third-order valence-electron chi connectivity index (χ3n) is 3.77. The number of anilines is 1. The van der Waals surface area contributed by atoms with Crippen LogP contribution in [0.2, 0.25) is 5.02 Å². The summed E-state index contributed by atoms with van der Waals surface area (Å²) < 4.78 is 11.9. The molecule has 0 radical (unpaired) electrons. The first-order valence-corrected chi connectivity index (χ1v) is 9.49. The Morgan fingerprint density at radius 3 is 2.61 bits per heavy atom. The lowest BCUT2D eigenvalue weighted by atomic mass is 10.2. The predicted molar refractivity (Wildman–Crippen MR) is 110 cm³/mol. The molecule has 0 unspecified atom stereocenters. The Kier molecular flexibility index (Phi) is 6.27. The SMILES string of the molecule is COc1ccc(-c2nnc(SCC(=O)Nc3ccc(Cl)cc3)n2N)c(OC)c1. The zero-order valence-electron chi connectivity index (χ0n) is 15.2. The molecule has 146 valence electrons. The molecule has 0 aliphatic carbocycles. The second-order valence-electron chi connectivity index (χ2n) is 5.59. The Bertz CT molecular complexity index is 978. The first-order valence-electron chi connectivity index (χ1n) is 8.13. The van der Waals surface area contributed by atoms with Gasteiger partial charge in [0.1, 0.15) is 11.5 Å². The zero-order valence-corrected chi connectivity index (χ0v) is 16.8. The smallest absolute Gasteiger partial charge is 0.234 e. The molecule has 28 heavy (non-hydrogen) atoms. The van der Waals surface area contributed by atoms with Crippen LogP contribution in [0, 0.1) is 0 Å². The van der Waals surface area contributed by atoms with Crippen molar-refractivity contribution in [2.75, 3.05) is 31.1 Å². The van der Waals surface area contributed by atoms with E-state index in [2.05, 4.69) is 15.5 Å². The first kappa shape index (κ1) is 19.8. The molecule has 1 heterocycles. The molecule has 0 aliphatic rings. The van der Waals surface area contributed by atoms with Gasteiger partial charge in [0.15, 0.2) is 5.82 Å². The Hall–Kier alpha value is -2.91. The van der Waals surface area contributed by atoms with Crippen LogP contribution in [0.5, 0.6) is 11.5 Å². The van der Waals surface area contributed by atoms with Gasteiger partial charge in [-0.3, -0.25) is 4.79 Å². The van der Waals surface area contributed by atoms with Gasteiger partial charge in [0.05, 0.1) is 25.5 Å². The lowest BCUT2D eigenvalue weighted by molar-refractivity contribution is -0.113. The summed E-state index contributed by atoms with van der Waals surface area (Å²) in [6.45, 7) is 0. The van der Waals surface area contributed by atoms with Gasteiger partial charge in [-0.15, -0.1) is 10.2 Å². The minimum absolute atomic E-state index is 0.123. The average molecular weight is 420 g/mol. The van der Waals surface area contributed by atoms with E-state index < -0.39 is 0 Å². The van der Waals surface area contributed by atoms with Crippen LogP contribution in [-0.4, -0.2) is 40.8 Å². The number of hydrogen-bond donors (Lipinski definition) is 2. The summed E-state index contributed by atoms with van der Waals surface area (Å²) in [4.78, 5) is 12.1. The molecule has 0 saturated carbocycles. The van der Waals surface area contributed by atoms with E-state index in [1.54, 1.807) is 56.7 Å². The average Bonchev–Trinajstić information content (AvgIpc) is 3.07. The standard InChI is InChI=1S/C18H18ClN5O3S/c1-26-13-7-8-14(15(9-13)27-2)17-22-23-18(24(17)20)28-10-16(25)21-12-5-3-11(19)4-6-12/h3-9H,10,20H2,1-2H3,(H,21,25). The van der Waals surface area contributed by atoms with Crippen LogP contribution in [0.25, 0.3) is 11.4 Å². The molecule has 8 nitrogen and oxygen atoms in total. The molecular formula is C18H18ClN5O3S. The fraction of sp³-hybridized carbons (Fsp3) is 0.167. The summed E-state index contributed by atoms with van der Waals surface area (Å²) in [7, 11) is 3.12. The van der Waals surface area contributed by atoms with Crippen LogP contribution in [0.4, 0.5) is 5.69 Å². The highest BCUT2D eigenvalue weighted by molar-refractivity contribution is 7.99. The van der Waals surface area contributed by atoms with Gasteiger partial charge >= 0.3 is 0 Å². The number of carbonyl (C=O) groups is 1. The van der Waals surface area contributed by atoms with Crippen LogP contribution in [0.3, 0.4) is 0 Å². The van der Waals surface area contributed by atoms with Crippen LogP contribution in [0.15, 0.2) is 47.6 Å². The van der Waals surface area contributed by atoms with Gasteiger partial charge in [-0.2, -0.15) is 0 Å². The van der Waals surface area contributed by atoms with Gasteiger partial charge in [-0.25, -0.2) is 4.68 Å². The van der Waals surface area contributed by atoms with E-state index in [1.165, 1.54) is 16.4 Å². The Balaban J connectivity index is 1.69. The highest BCUT2D eigenvalue weighted by atomic mass is 35.5. The highest BCUT2D eigenvalue weighted by Crippen LogP contribution is 2.32. The van der Waals surface area contributed by atoms with Gasteiger partial charge in [0, 0.05) is 16.8 Å². The number of halogens is 1. The number of amides is 1. The number of benzene rings is 2. The number of thioether (sulfide) groups is 1. The summed E-state index contributed by atoms with van der Waals surface area (Å²) in [6.07, 6.45) is 0. The van der Waals surface area contributed by atoms with Crippen LogP contribution in [-0.2, 0) is 4.79 Å². The number of aromatic nitrogens is 3. The van der Waals surface area contributed by atoms with Crippen molar-refractivity contribution in [3.05, 3.63) is 47.5 Å². The molecule has 3 N–H and O–H groups in total. The van der Waals surface area contributed by atoms with Crippen molar-refractivity contribution in [1.82, 2.24) is 14.9 Å². The van der Waals surface area contributed by atoms with E-state index in [1.807, 2.05) is 0 Å². The fourth-order valence-corrected chi connectivity index (χ4v) is 3.19. The van der Waals surface area contributed by atoms with Gasteiger partial charge in [0.25, 0.3) is 0 Å². The highest BCUT2D eigenvalue weighted by Gasteiger charge is 2.17. The lowest BCUT2D eigenvalue weighted by Gasteiger charge is -2.10. The monoisotopic (exact) mass is 419 g/mol. The number of carbonyl (C=O) groups excluding carboxylic acids is 1. The van der Waals surface area contributed by atoms with E-state index in [0.29, 0.717) is 38.8 Å². The lowest BCUT2D eigenvalue weighted by Crippen LogP contribution is -2.16. The maximum absolute atomic E-state index is 12.1. The predicted octanol–water partition coefficient (Wildman–Crippen LogP) is 3.06. The number of rotatable bonds is 7. The number of nitrogens with two attached hydrogens (primary N) is 1. The van der Waals surface area contributed by atoms with Crippen molar-refractivity contribution in [3.8, 4) is 22.9 Å². The molecule has 0 atom stereocenters. The maximum atomic E-state index is 12.1. The molecule has 0 aliphatic heterocycles. The molecule has 0 saturated heterocycles. The summed E-state index contributed by atoms with van der Waals surface area (Å²) in [6, 6.07) is 12.2. The minimum atomic E-state index is -0.195. The van der Waals surface area contributed by atoms with Crippen molar-refractivity contribution < 1.29 is 14.3 Å². The molecule has 10 heteroatoms. The molecule has 0 fully saturated rings. The second-order valence-corrected chi connectivity index (χ2v) is 6.97. The van der Waals surface area contributed by atoms with Gasteiger partial charge in [-0.1, -0.05) is 23.4 Å². The van der Waals surface area contributed by atoms with Crippen LogP contribution in [0.1, 0.15) is 0 Å².